The number of hydrogen-bond donors (Lipinski definition) is 0. The summed E-state index contributed by atoms with van der Waals surface area (Å²) in [5, 5.41) is 0. The molecule has 0 spiro atoms. The van der Waals surface area contributed by atoms with Crippen molar-refractivity contribution in [3.05, 3.63) is 59.2 Å². The van der Waals surface area contributed by atoms with Crippen LogP contribution >= 0.6 is 0 Å². The summed E-state index contributed by atoms with van der Waals surface area (Å²) in [7, 11) is 2.96. The Morgan fingerprint density at radius 3 is 2.50 bits per heavy atom. The standard InChI is InChI=1S/C19H19NO4/c1-23-16-5-3-4-14-10-11-17(21)20(18(14)16)12-13-6-8-15(9-7-13)19(22)24-2/h3-9H,10-12H2,1-2H3. The van der Waals surface area contributed by atoms with Gasteiger partial charge in [-0.05, 0) is 35.7 Å². The molecule has 0 aromatic heterocycles. The summed E-state index contributed by atoms with van der Waals surface area (Å²) >= 11 is 0. The molecule has 3 rings (SSSR count). The Bertz CT molecular complexity index is 753. The monoisotopic (exact) mass is 325 g/mol. The largest absolute Gasteiger partial charge is 0.495 e. The molecule has 5 nitrogen and oxygen atoms in total. The van der Waals surface area contributed by atoms with Gasteiger partial charge in [-0.2, -0.15) is 0 Å². The van der Waals surface area contributed by atoms with Crippen molar-refractivity contribution in [3.8, 4) is 5.75 Å². The van der Waals surface area contributed by atoms with Crippen LogP contribution in [-0.2, 0) is 22.5 Å². The number of benzene rings is 2. The first-order valence-corrected chi connectivity index (χ1v) is 7.77. The second-order valence-corrected chi connectivity index (χ2v) is 5.64. The number of ether oxygens (including phenoxy) is 2. The van der Waals surface area contributed by atoms with E-state index in [2.05, 4.69) is 0 Å². The molecule has 0 bridgehead atoms. The van der Waals surface area contributed by atoms with Crippen molar-refractivity contribution in [3.63, 3.8) is 0 Å². The Balaban J connectivity index is 1.90. The topological polar surface area (TPSA) is 55.8 Å². The third-order valence-electron chi connectivity index (χ3n) is 4.20. The Hall–Kier alpha value is -2.82. The van der Waals surface area contributed by atoms with E-state index in [0.29, 0.717) is 24.3 Å². The van der Waals surface area contributed by atoms with E-state index >= 15 is 0 Å². The van der Waals surface area contributed by atoms with Gasteiger partial charge in [-0.15, -0.1) is 0 Å². The molecule has 0 atom stereocenters. The molecular formula is C19H19NO4. The summed E-state index contributed by atoms with van der Waals surface area (Å²) in [5.74, 6) is 0.401. The van der Waals surface area contributed by atoms with Gasteiger partial charge in [0.2, 0.25) is 5.91 Å². The molecule has 0 unspecified atom stereocenters. The number of para-hydroxylation sites is 1. The molecule has 1 amide bonds. The lowest BCUT2D eigenvalue weighted by Crippen LogP contribution is -2.34. The van der Waals surface area contributed by atoms with E-state index in [1.165, 1.54) is 7.11 Å². The van der Waals surface area contributed by atoms with Crippen molar-refractivity contribution in [1.29, 1.82) is 0 Å². The van der Waals surface area contributed by atoms with Crippen molar-refractivity contribution in [1.82, 2.24) is 0 Å². The normalized spacial score (nSPS) is 13.4. The highest BCUT2D eigenvalue weighted by atomic mass is 16.5. The first-order valence-electron chi connectivity index (χ1n) is 7.77. The molecular weight excluding hydrogens is 306 g/mol. The van der Waals surface area contributed by atoms with E-state index in [4.69, 9.17) is 9.47 Å². The zero-order valence-electron chi connectivity index (χ0n) is 13.7. The quantitative estimate of drug-likeness (QED) is 0.811. The zero-order chi connectivity index (χ0) is 17.1. The van der Waals surface area contributed by atoms with Gasteiger partial charge in [0, 0.05) is 6.42 Å². The summed E-state index contributed by atoms with van der Waals surface area (Å²) in [6.45, 7) is 0.438. The van der Waals surface area contributed by atoms with Crippen LogP contribution in [-0.4, -0.2) is 26.1 Å². The summed E-state index contributed by atoms with van der Waals surface area (Å²) in [5.41, 5.74) is 3.38. The first kappa shape index (κ1) is 16.1. The van der Waals surface area contributed by atoms with Crippen LogP contribution in [0.1, 0.15) is 27.9 Å². The van der Waals surface area contributed by atoms with Crippen LogP contribution in [0, 0.1) is 0 Å². The Kier molecular flexibility index (Phi) is 4.51. The molecule has 24 heavy (non-hydrogen) atoms. The molecule has 1 aliphatic rings. The molecule has 0 radical (unpaired) electrons. The summed E-state index contributed by atoms with van der Waals surface area (Å²) in [6, 6.07) is 12.9. The minimum absolute atomic E-state index is 0.0732. The maximum Gasteiger partial charge on any atom is 0.337 e. The number of amides is 1. The molecule has 5 heteroatoms. The number of carbonyl (C=O) groups excluding carboxylic acids is 2. The van der Waals surface area contributed by atoms with Crippen molar-refractivity contribution < 1.29 is 19.1 Å². The SMILES string of the molecule is COC(=O)c1ccc(CN2C(=O)CCc3cccc(OC)c32)cc1. The number of anilines is 1. The van der Waals surface area contributed by atoms with E-state index in [1.54, 1.807) is 24.1 Å². The van der Waals surface area contributed by atoms with Crippen LogP contribution in [0.4, 0.5) is 5.69 Å². The third kappa shape index (κ3) is 2.97. The Morgan fingerprint density at radius 1 is 1.08 bits per heavy atom. The minimum Gasteiger partial charge on any atom is -0.495 e. The van der Waals surface area contributed by atoms with Gasteiger partial charge in [0.25, 0.3) is 0 Å². The van der Waals surface area contributed by atoms with Gasteiger partial charge >= 0.3 is 5.97 Å². The molecule has 0 saturated carbocycles. The molecule has 1 aliphatic heterocycles. The van der Waals surface area contributed by atoms with Crippen LogP contribution < -0.4 is 9.64 Å². The third-order valence-corrected chi connectivity index (χ3v) is 4.20. The lowest BCUT2D eigenvalue weighted by Gasteiger charge is -2.31. The lowest BCUT2D eigenvalue weighted by atomic mass is 9.99. The fraction of sp³-hybridized carbons (Fsp3) is 0.263. The van der Waals surface area contributed by atoms with Crippen LogP contribution in [0.25, 0.3) is 0 Å². The van der Waals surface area contributed by atoms with Crippen LogP contribution in [0.3, 0.4) is 0 Å². The maximum atomic E-state index is 12.4. The molecule has 124 valence electrons. The highest BCUT2D eigenvalue weighted by Gasteiger charge is 2.27. The van der Waals surface area contributed by atoms with Gasteiger partial charge in [0.1, 0.15) is 5.75 Å². The van der Waals surface area contributed by atoms with Crippen molar-refractivity contribution in [2.24, 2.45) is 0 Å². The van der Waals surface area contributed by atoms with E-state index in [0.717, 1.165) is 23.2 Å². The van der Waals surface area contributed by atoms with E-state index in [9.17, 15) is 9.59 Å². The van der Waals surface area contributed by atoms with Crippen LogP contribution in [0.5, 0.6) is 5.75 Å². The Morgan fingerprint density at radius 2 is 1.83 bits per heavy atom. The fourth-order valence-electron chi connectivity index (χ4n) is 2.96. The summed E-state index contributed by atoms with van der Waals surface area (Å²) in [4.78, 5) is 25.7. The summed E-state index contributed by atoms with van der Waals surface area (Å²) < 4.78 is 10.1. The highest BCUT2D eigenvalue weighted by molar-refractivity contribution is 5.98. The van der Waals surface area contributed by atoms with Gasteiger partial charge in [-0.1, -0.05) is 24.3 Å². The molecule has 0 saturated heterocycles. The predicted octanol–water partition coefficient (Wildman–Crippen LogP) is 2.96. The second-order valence-electron chi connectivity index (χ2n) is 5.64. The summed E-state index contributed by atoms with van der Waals surface area (Å²) in [6.07, 6.45) is 1.21. The molecule has 1 heterocycles. The molecule has 0 aliphatic carbocycles. The number of nitrogens with zero attached hydrogens (tertiary/aromatic N) is 1. The number of aryl methyl sites for hydroxylation is 1. The predicted molar refractivity (Wildman–Crippen MR) is 90.3 cm³/mol. The number of carbonyl (C=O) groups is 2. The van der Waals surface area contributed by atoms with E-state index < -0.39 is 0 Å². The van der Waals surface area contributed by atoms with E-state index in [1.807, 2.05) is 30.3 Å². The molecule has 0 N–H and O–H groups in total. The Labute approximate surface area is 140 Å². The zero-order valence-corrected chi connectivity index (χ0v) is 13.7. The molecule has 0 fully saturated rings. The highest BCUT2D eigenvalue weighted by Crippen LogP contribution is 2.37. The number of methoxy groups -OCH3 is 2. The maximum absolute atomic E-state index is 12.4. The smallest absolute Gasteiger partial charge is 0.337 e. The van der Waals surface area contributed by atoms with Crippen molar-refractivity contribution >= 4 is 17.6 Å². The van der Waals surface area contributed by atoms with Gasteiger partial charge < -0.3 is 14.4 Å². The average molecular weight is 325 g/mol. The fourth-order valence-corrected chi connectivity index (χ4v) is 2.96. The van der Waals surface area contributed by atoms with Gasteiger partial charge in [0.05, 0.1) is 32.0 Å². The average Bonchev–Trinajstić information content (AvgIpc) is 2.63. The van der Waals surface area contributed by atoms with E-state index in [-0.39, 0.29) is 11.9 Å². The minimum atomic E-state index is -0.373. The van der Waals surface area contributed by atoms with Crippen molar-refractivity contribution in [2.45, 2.75) is 19.4 Å². The van der Waals surface area contributed by atoms with Crippen LogP contribution in [0.2, 0.25) is 0 Å². The first-order chi connectivity index (χ1) is 11.6. The van der Waals surface area contributed by atoms with Gasteiger partial charge in [-0.25, -0.2) is 4.79 Å². The number of rotatable bonds is 4. The number of fused-ring (bicyclic) bond motifs is 1. The molecule has 2 aromatic carbocycles. The van der Waals surface area contributed by atoms with Gasteiger partial charge in [-0.3, -0.25) is 4.79 Å². The lowest BCUT2D eigenvalue weighted by molar-refractivity contribution is -0.119. The molecule has 2 aromatic rings. The number of esters is 1. The number of hydrogen-bond acceptors (Lipinski definition) is 4. The van der Waals surface area contributed by atoms with Gasteiger partial charge in [0.15, 0.2) is 0 Å². The van der Waals surface area contributed by atoms with Crippen LogP contribution in [0.15, 0.2) is 42.5 Å². The second kappa shape index (κ2) is 6.74. The van der Waals surface area contributed by atoms with Crippen molar-refractivity contribution in [2.75, 3.05) is 19.1 Å².